The lowest BCUT2D eigenvalue weighted by Gasteiger charge is -2.28. The van der Waals surface area contributed by atoms with Crippen LogP contribution in [0.4, 0.5) is 11.5 Å². The highest BCUT2D eigenvalue weighted by Crippen LogP contribution is 2.60. The normalized spacial score (nSPS) is 23.5. The Labute approximate surface area is 226 Å². The van der Waals surface area contributed by atoms with E-state index in [-0.39, 0.29) is 17.0 Å². The highest BCUT2D eigenvalue weighted by molar-refractivity contribution is 7.93. The number of fused-ring (bicyclic) bond motifs is 1. The summed E-state index contributed by atoms with van der Waals surface area (Å²) in [6.45, 7) is 2.36. The summed E-state index contributed by atoms with van der Waals surface area (Å²) >= 11 is 0. The maximum atomic E-state index is 13.9. The lowest BCUT2D eigenvalue weighted by atomic mass is 9.80. The van der Waals surface area contributed by atoms with Gasteiger partial charge in [0.15, 0.2) is 0 Å². The maximum Gasteiger partial charge on any atom is 0.238 e. The second-order valence-corrected chi connectivity index (χ2v) is 12.4. The van der Waals surface area contributed by atoms with Crippen LogP contribution in [0, 0.1) is 11.8 Å². The molecule has 3 fully saturated rings. The minimum Gasteiger partial charge on any atom is -0.495 e. The van der Waals surface area contributed by atoms with Crippen LogP contribution in [0.1, 0.15) is 44.9 Å². The Hall–Kier alpha value is -3.80. The molecule has 3 saturated carbocycles. The van der Waals surface area contributed by atoms with Crippen LogP contribution >= 0.6 is 0 Å². The summed E-state index contributed by atoms with van der Waals surface area (Å²) in [6, 6.07) is 6.92. The number of nitrogens with zero attached hydrogens (tertiary/aromatic N) is 4. The van der Waals surface area contributed by atoms with Gasteiger partial charge in [-0.1, -0.05) is 6.07 Å². The fraction of sp³-hybridized carbons (Fsp3) is 0.444. The van der Waals surface area contributed by atoms with Gasteiger partial charge in [-0.25, -0.2) is 23.4 Å². The van der Waals surface area contributed by atoms with E-state index >= 15 is 0 Å². The monoisotopic (exact) mass is 550 g/mol. The molecule has 3 aliphatic rings. The van der Waals surface area contributed by atoms with Gasteiger partial charge in [0.05, 0.1) is 42.7 Å². The van der Waals surface area contributed by atoms with Crippen LogP contribution in [0.3, 0.4) is 0 Å². The molecular formula is C27H30N6O5S. The van der Waals surface area contributed by atoms with Crippen molar-refractivity contribution in [1.29, 1.82) is 0 Å². The van der Waals surface area contributed by atoms with Gasteiger partial charge in [0.1, 0.15) is 22.8 Å². The fourth-order valence-corrected chi connectivity index (χ4v) is 6.74. The molecule has 12 heteroatoms. The van der Waals surface area contributed by atoms with Crippen LogP contribution < -0.4 is 19.5 Å². The van der Waals surface area contributed by atoms with Crippen LogP contribution in [-0.4, -0.2) is 53.2 Å². The molecule has 2 N–H and O–H groups in total. The van der Waals surface area contributed by atoms with Crippen molar-refractivity contribution in [3.8, 4) is 22.9 Å². The Balaban J connectivity index is 1.27. The van der Waals surface area contributed by atoms with E-state index in [9.17, 15) is 13.2 Å². The van der Waals surface area contributed by atoms with Crippen molar-refractivity contribution < 1.29 is 22.7 Å². The first-order valence-electron chi connectivity index (χ1n) is 13.1. The van der Waals surface area contributed by atoms with E-state index in [4.69, 9.17) is 9.47 Å². The first kappa shape index (κ1) is 25.5. The fourth-order valence-electron chi connectivity index (χ4n) is 5.41. The summed E-state index contributed by atoms with van der Waals surface area (Å²) in [5.74, 6) is 2.06. The Morgan fingerprint density at radius 1 is 1.13 bits per heavy atom. The number of carbonyl (C=O) groups excluding carboxylic acids is 1. The van der Waals surface area contributed by atoms with Crippen LogP contribution in [0.15, 0.2) is 42.9 Å². The van der Waals surface area contributed by atoms with Gasteiger partial charge in [0, 0.05) is 11.8 Å². The molecule has 0 spiro atoms. The van der Waals surface area contributed by atoms with E-state index in [1.807, 2.05) is 13.0 Å². The Morgan fingerprint density at radius 2 is 1.92 bits per heavy atom. The number of nitrogens with one attached hydrogen (secondary N) is 2. The van der Waals surface area contributed by atoms with Gasteiger partial charge in [0.25, 0.3) is 0 Å². The highest BCUT2D eigenvalue weighted by Gasteiger charge is 2.59. The predicted molar refractivity (Wildman–Crippen MR) is 144 cm³/mol. The molecule has 204 valence electrons. The number of anilines is 2. The van der Waals surface area contributed by atoms with E-state index in [1.165, 1.54) is 19.4 Å². The number of amides is 1. The Morgan fingerprint density at radius 3 is 2.64 bits per heavy atom. The van der Waals surface area contributed by atoms with Crippen molar-refractivity contribution in [3.05, 3.63) is 48.7 Å². The topological polar surface area (TPSA) is 145 Å². The summed E-state index contributed by atoms with van der Waals surface area (Å²) in [5.41, 5.74) is 0.916. The summed E-state index contributed by atoms with van der Waals surface area (Å²) in [6.07, 6.45) is 8.31. The highest BCUT2D eigenvalue weighted by atomic mass is 32.2. The molecule has 2 heterocycles. The van der Waals surface area contributed by atoms with Crippen LogP contribution in [0.25, 0.3) is 11.3 Å². The zero-order valence-electron chi connectivity index (χ0n) is 21.8. The molecule has 0 saturated heterocycles. The third-order valence-corrected chi connectivity index (χ3v) is 9.51. The van der Waals surface area contributed by atoms with Crippen LogP contribution in [0.5, 0.6) is 11.6 Å². The molecule has 1 amide bonds. The smallest absolute Gasteiger partial charge is 0.238 e. The van der Waals surface area contributed by atoms with Gasteiger partial charge >= 0.3 is 0 Å². The molecule has 3 aromatic rings. The quantitative estimate of drug-likeness (QED) is 0.387. The molecule has 2 atom stereocenters. The molecule has 0 bridgehead atoms. The van der Waals surface area contributed by atoms with E-state index < -0.39 is 15.4 Å². The van der Waals surface area contributed by atoms with E-state index in [0.29, 0.717) is 73.0 Å². The minimum absolute atomic E-state index is 0.192. The molecule has 2 aromatic heterocycles. The molecule has 3 aliphatic carbocycles. The molecule has 1 aromatic carbocycles. The van der Waals surface area contributed by atoms with E-state index in [0.717, 1.165) is 12.0 Å². The molecule has 39 heavy (non-hydrogen) atoms. The van der Waals surface area contributed by atoms with Gasteiger partial charge in [0.2, 0.25) is 21.8 Å². The average molecular weight is 551 g/mol. The number of benzene rings is 1. The molecule has 0 radical (unpaired) electrons. The first-order valence-corrected chi connectivity index (χ1v) is 14.7. The first-order chi connectivity index (χ1) is 18.8. The number of hydrogen-bond acceptors (Lipinski definition) is 9. The molecule has 2 unspecified atom stereocenters. The summed E-state index contributed by atoms with van der Waals surface area (Å²) in [7, 11) is -1.95. The standard InChI is InChI=1S/C27H30N6O5S/c1-3-38-24-15-28-14-21(30-24)16-4-7-20(22(11-16)37-2)31-26(34)27(12-17-10-18(17)13-27)25-29-9-8-23(32-25)33-39(35,36)19-5-6-19/h4,7-9,11,14-15,17-19H,3,5-6,10,12-13H2,1-2H3,(H,31,34)(H,29,32,33). The lowest BCUT2D eigenvalue weighted by molar-refractivity contribution is -0.122. The van der Waals surface area contributed by atoms with Gasteiger partial charge < -0.3 is 14.8 Å². The van der Waals surface area contributed by atoms with E-state index in [2.05, 4.69) is 30.0 Å². The average Bonchev–Trinajstić information content (AvgIpc) is 3.87. The molecule has 0 aliphatic heterocycles. The second-order valence-electron chi connectivity index (χ2n) is 10.4. The third kappa shape index (κ3) is 5.00. The van der Waals surface area contributed by atoms with Crippen LogP contribution in [0.2, 0.25) is 0 Å². The summed E-state index contributed by atoms with van der Waals surface area (Å²) in [5, 5.41) is 2.67. The van der Waals surface area contributed by atoms with Crippen molar-refractivity contribution in [2.45, 2.75) is 49.7 Å². The minimum atomic E-state index is -3.49. The zero-order chi connectivity index (χ0) is 27.2. The number of ether oxygens (including phenoxy) is 2. The van der Waals surface area contributed by atoms with Crippen molar-refractivity contribution in [3.63, 3.8) is 0 Å². The number of rotatable bonds is 10. The van der Waals surface area contributed by atoms with Gasteiger partial charge in [-0.2, -0.15) is 0 Å². The number of sulfonamides is 1. The molecule has 11 nitrogen and oxygen atoms in total. The number of hydrogen-bond donors (Lipinski definition) is 2. The van der Waals surface area contributed by atoms with E-state index in [1.54, 1.807) is 24.5 Å². The summed E-state index contributed by atoms with van der Waals surface area (Å²) < 4.78 is 38.6. The molecule has 6 rings (SSSR count). The largest absolute Gasteiger partial charge is 0.495 e. The van der Waals surface area contributed by atoms with Gasteiger partial charge in [-0.05, 0) is 69.1 Å². The van der Waals surface area contributed by atoms with Gasteiger partial charge in [-0.3, -0.25) is 14.5 Å². The summed E-state index contributed by atoms with van der Waals surface area (Å²) in [4.78, 5) is 31.6. The number of methoxy groups -OCH3 is 1. The third-order valence-electron chi connectivity index (χ3n) is 7.67. The van der Waals surface area contributed by atoms with Crippen LogP contribution in [-0.2, 0) is 20.2 Å². The Bertz CT molecular complexity index is 1520. The van der Waals surface area contributed by atoms with Crippen molar-refractivity contribution in [1.82, 2.24) is 19.9 Å². The van der Waals surface area contributed by atoms with Gasteiger partial charge in [-0.15, -0.1) is 0 Å². The second kappa shape index (κ2) is 9.74. The maximum absolute atomic E-state index is 13.9. The van der Waals surface area contributed by atoms with Crippen molar-refractivity contribution in [2.24, 2.45) is 11.8 Å². The zero-order valence-corrected chi connectivity index (χ0v) is 22.6. The number of carbonyl (C=O) groups is 1. The number of aromatic nitrogens is 4. The van der Waals surface area contributed by atoms with Crippen molar-refractivity contribution in [2.75, 3.05) is 23.8 Å². The van der Waals surface area contributed by atoms with Crippen molar-refractivity contribution >= 4 is 27.4 Å². The predicted octanol–water partition coefficient (Wildman–Crippen LogP) is 3.55. The SMILES string of the molecule is CCOc1cncc(-c2ccc(NC(=O)C3(c4nccc(NS(=O)(=O)C5CC5)n4)CC4CC4C3)c(OC)c2)n1. The molecular weight excluding hydrogens is 520 g/mol. The Kier molecular flexibility index (Phi) is 6.37. The lowest BCUT2D eigenvalue weighted by Crippen LogP contribution is -2.41.